The Hall–Kier alpha value is -2.48. The largest absolute Gasteiger partial charge is 0.459 e. The molecule has 2 aromatic heterocycles. The SMILES string of the molecule is CC(N)Oc1cc(-c2ccc(-c3cnc(NC4CC4)nn3)c(OS)c2)c(P)cn1. The molecule has 1 saturated carbocycles. The van der Waals surface area contributed by atoms with E-state index in [1.54, 1.807) is 19.3 Å². The fraction of sp³-hybridized carbons (Fsp3) is 0.263. The van der Waals surface area contributed by atoms with Gasteiger partial charge in [0.1, 0.15) is 17.7 Å². The van der Waals surface area contributed by atoms with E-state index < -0.39 is 6.23 Å². The monoisotopic (exact) mass is 428 g/mol. The van der Waals surface area contributed by atoms with Crippen molar-refractivity contribution in [1.82, 2.24) is 20.2 Å². The minimum atomic E-state index is -0.451. The molecule has 29 heavy (non-hydrogen) atoms. The van der Waals surface area contributed by atoms with Gasteiger partial charge in [0.05, 0.1) is 6.20 Å². The minimum Gasteiger partial charge on any atom is -0.459 e. The van der Waals surface area contributed by atoms with Gasteiger partial charge in [-0.25, -0.2) is 9.97 Å². The fourth-order valence-electron chi connectivity index (χ4n) is 2.80. The van der Waals surface area contributed by atoms with Crippen LogP contribution in [0.2, 0.25) is 0 Å². The molecule has 1 aliphatic carbocycles. The third kappa shape index (κ3) is 4.75. The van der Waals surface area contributed by atoms with E-state index in [1.165, 1.54) is 0 Å². The number of nitrogens with two attached hydrogens (primary N) is 1. The summed E-state index contributed by atoms with van der Waals surface area (Å²) in [6.07, 6.45) is 5.23. The van der Waals surface area contributed by atoms with E-state index in [0.29, 0.717) is 29.3 Å². The van der Waals surface area contributed by atoms with E-state index >= 15 is 0 Å². The summed E-state index contributed by atoms with van der Waals surface area (Å²) in [5.74, 6) is 1.53. The van der Waals surface area contributed by atoms with Gasteiger partial charge in [-0.3, -0.25) is 5.73 Å². The highest BCUT2D eigenvalue weighted by atomic mass is 32.1. The average molecular weight is 428 g/mol. The summed E-state index contributed by atoms with van der Waals surface area (Å²) in [6, 6.07) is 8.04. The van der Waals surface area contributed by atoms with E-state index in [2.05, 4.69) is 47.6 Å². The van der Waals surface area contributed by atoms with Crippen LogP contribution in [0.1, 0.15) is 19.8 Å². The minimum absolute atomic E-state index is 0.451. The van der Waals surface area contributed by atoms with Crippen LogP contribution in [0.4, 0.5) is 5.95 Å². The molecule has 3 aromatic rings. The van der Waals surface area contributed by atoms with Crippen LogP contribution in [-0.4, -0.2) is 32.4 Å². The Balaban J connectivity index is 1.64. The van der Waals surface area contributed by atoms with Crippen LogP contribution in [0.15, 0.2) is 36.7 Å². The zero-order chi connectivity index (χ0) is 20.4. The van der Waals surface area contributed by atoms with Crippen molar-refractivity contribution in [3.05, 3.63) is 36.7 Å². The van der Waals surface area contributed by atoms with Crippen molar-refractivity contribution in [2.24, 2.45) is 5.73 Å². The van der Waals surface area contributed by atoms with Crippen molar-refractivity contribution in [2.75, 3.05) is 5.32 Å². The van der Waals surface area contributed by atoms with Crippen molar-refractivity contribution in [1.29, 1.82) is 0 Å². The van der Waals surface area contributed by atoms with Crippen LogP contribution in [0.3, 0.4) is 0 Å². The van der Waals surface area contributed by atoms with Gasteiger partial charge in [0.25, 0.3) is 0 Å². The van der Waals surface area contributed by atoms with Gasteiger partial charge in [-0.2, -0.15) is 0 Å². The first-order valence-electron chi connectivity index (χ1n) is 9.13. The van der Waals surface area contributed by atoms with Crippen LogP contribution < -0.4 is 25.3 Å². The number of nitrogens with zero attached hydrogens (tertiary/aromatic N) is 4. The quantitative estimate of drug-likeness (QED) is 0.228. The normalized spacial score (nSPS) is 14.3. The zero-order valence-corrected chi connectivity index (χ0v) is 17.8. The predicted molar refractivity (Wildman–Crippen MR) is 118 cm³/mol. The molecule has 3 N–H and O–H groups in total. The number of thiol groups is 1. The molecule has 0 radical (unpaired) electrons. The highest BCUT2D eigenvalue weighted by Gasteiger charge is 2.22. The van der Waals surface area contributed by atoms with Gasteiger partial charge in [-0.05, 0) is 48.3 Å². The molecule has 10 heteroatoms. The van der Waals surface area contributed by atoms with Crippen LogP contribution in [0.5, 0.6) is 11.6 Å². The average Bonchev–Trinajstić information content (AvgIpc) is 3.53. The highest BCUT2D eigenvalue weighted by Crippen LogP contribution is 2.34. The van der Waals surface area contributed by atoms with Crippen molar-refractivity contribution >= 4 is 33.4 Å². The first-order valence-corrected chi connectivity index (χ1v) is 10.1. The van der Waals surface area contributed by atoms with Gasteiger partial charge < -0.3 is 14.2 Å². The van der Waals surface area contributed by atoms with Gasteiger partial charge in [0, 0.05) is 36.8 Å². The van der Waals surface area contributed by atoms with Crippen LogP contribution in [0, 0.1) is 0 Å². The molecule has 0 bridgehead atoms. The summed E-state index contributed by atoms with van der Waals surface area (Å²) >= 11 is 4.02. The number of hydrogen-bond acceptors (Lipinski definition) is 9. The zero-order valence-electron chi connectivity index (χ0n) is 15.7. The lowest BCUT2D eigenvalue weighted by atomic mass is 10.0. The van der Waals surface area contributed by atoms with E-state index in [9.17, 15) is 0 Å². The number of nitrogens with one attached hydrogen (secondary N) is 1. The van der Waals surface area contributed by atoms with Crippen LogP contribution >= 0.6 is 22.1 Å². The van der Waals surface area contributed by atoms with Gasteiger partial charge >= 0.3 is 0 Å². The standard InChI is InChI=1S/C19H21N6O2PS/c1-10(20)26-18-7-14(17(28)9-21-18)11-2-5-13(16(6-11)27-29)15-8-22-19(25-24-15)23-12-3-4-12/h2,5-10,12,29H,3-4,20,28H2,1H3,(H,22,23,25). The molecular formula is C19H21N6O2PS. The third-order valence-corrected chi connectivity index (χ3v) is 5.01. The molecule has 2 unspecified atom stereocenters. The lowest BCUT2D eigenvalue weighted by molar-refractivity contribution is 0.221. The molecule has 0 aliphatic heterocycles. The van der Waals surface area contributed by atoms with Crippen LogP contribution in [-0.2, 0) is 0 Å². The number of anilines is 1. The first kappa shape index (κ1) is 19.8. The Morgan fingerprint density at radius 1 is 1.17 bits per heavy atom. The van der Waals surface area contributed by atoms with Crippen molar-refractivity contribution < 1.29 is 8.92 Å². The predicted octanol–water partition coefficient (Wildman–Crippen LogP) is 2.58. The van der Waals surface area contributed by atoms with E-state index in [-0.39, 0.29) is 0 Å². The van der Waals surface area contributed by atoms with E-state index in [1.807, 2.05) is 24.3 Å². The molecule has 150 valence electrons. The van der Waals surface area contributed by atoms with Gasteiger partial charge in [0.15, 0.2) is 0 Å². The summed E-state index contributed by atoms with van der Waals surface area (Å²) in [5, 5.41) is 12.6. The second-order valence-corrected chi connectivity index (χ2v) is 7.63. The summed E-state index contributed by atoms with van der Waals surface area (Å²) in [4.78, 5) is 8.58. The number of ether oxygens (including phenoxy) is 1. The van der Waals surface area contributed by atoms with Gasteiger partial charge in [-0.1, -0.05) is 6.07 Å². The summed E-state index contributed by atoms with van der Waals surface area (Å²) in [5.41, 5.74) is 8.88. The summed E-state index contributed by atoms with van der Waals surface area (Å²) in [7, 11) is 2.67. The maximum atomic E-state index is 5.70. The molecule has 1 aromatic carbocycles. The maximum Gasteiger partial charge on any atom is 0.242 e. The van der Waals surface area contributed by atoms with E-state index in [0.717, 1.165) is 34.8 Å². The Kier molecular flexibility index (Phi) is 5.80. The molecule has 0 spiro atoms. The molecule has 4 rings (SSSR count). The van der Waals surface area contributed by atoms with E-state index in [4.69, 9.17) is 14.7 Å². The van der Waals surface area contributed by atoms with Crippen molar-refractivity contribution in [2.45, 2.75) is 32.0 Å². The van der Waals surface area contributed by atoms with Gasteiger partial charge in [-0.15, -0.1) is 19.4 Å². The highest BCUT2D eigenvalue weighted by molar-refractivity contribution is 7.75. The molecule has 8 nitrogen and oxygen atoms in total. The van der Waals surface area contributed by atoms with Crippen molar-refractivity contribution in [3.63, 3.8) is 0 Å². The number of pyridine rings is 1. The Labute approximate surface area is 176 Å². The third-order valence-electron chi connectivity index (χ3n) is 4.36. The second kappa shape index (κ2) is 8.49. The molecule has 1 aliphatic rings. The topological polar surface area (TPSA) is 108 Å². The Morgan fingerprint density at radius 3 is 2.66 bits per heavy atom. The number of benzene rings is 1. The number of aromatic nitrogens is 4. The fourth-order valence-corrected chi connectivity index (χ4v) is 3.28. The number of rotatable bonds is 7. The molecule has 0 saturated heterocycles. The molecular weight excluding hydrogens is 407 g/mol. The second-order valence-electron chi connectivity index (χ2n) is 6.82. The lowest BCUT2D eigenvalue weighted by Crippen LogP contribution is -2.23. The maximum absolute atomic E-state index is 5.70. The first-order chi connectivity index (χ1) is 14.0. The van der Waals surface area contributed by atoms with Crippen LogP contribution in [0.25, 0.3) is 22.4 Å². The summed E-state index contributed by atoms with van der Waals surface area (Å²) < 4.78 is 10.8. The Bertz CT molecular complexity index is 1010. The molecule has 1 fully saturated rings. The lowest BCUT2D eigenvalue weighted by Gasteiger charge is -2.13. The summed E-state index contributed by atoms with van der Waals surface area (Å²) in [6.45, 7) is 1.75. The molecule has 2 heterocycles. The smallest absolute Gasteiger partial charge is 0.242 e. The van der Waals surface area contributed by atoms with Crippen molar-refractivity contribution in [3.8, 4) is 34.0 Å². The number of hydrogen-bond donors (Lipinski definition) is 3. The van der Waals surface area contributed by atoms with Gasteiger partial charge in [0.2, 0.25) is 11.8 Å². The molecule has 0 amide bonds. The Morgan fingerprint density at radius 2 is 2.00 bits per heavy atom. The molecule has 2 atom stereocenters.